The first-order valence-electron chi connectivity index (χ1n) is 4.11. The number of nitrogens with zero attached hydrogens (tertiary/aromatic N) is 3. The van der Waals surface area contributed by atoms with Gasteiger partial charge in [0.1, 0.15) is 16.9 Å². The summed E-state index contributed by atoms with van der Waals surface area (Å²) in [4.78, 5) is 7.34. The lowest BCUT2D eigenvalue weighted by atomic mass is 10.3. The Bertz CT molecular complexity index is 535. The first-order valence-corrected chi connectivity index (χ1v) is 4.49. The van der Waals surface area contributed by atoms with Crippen LogP contribution in [0.15, 0.2) is 0 Å². The van der Waals surface area contributed by atoms with Crippen LogP contribution in [-0.4, -0.2) is 20.2 Å². The van der Waals surface area contributed by atoms with Crippen molar-refractivity contribution in [1.29, 1.82) is 0 Å². The van der Waals surface area contributed by atoms with Gasteiger partial charge in [0.25, 0.3) is 0 Å². The maximum Gasteiger partial charge on any atom is 0.434 e. The van der Waals surface area contributed by atoms with Crippen molar-refractivity contribution in [1.82, 2.24) is 20.2 Å². The Balaban J connectivity index is 2.75. The van der Waals surface area contributed by atoms with Crippen LogP contribution in [0.2, 0.25) is 5.15 Å². The zero-order valence-corrected chi connectivity index (χ0v) is 8.39. The lowest BCUT2D eigenvalue weighted by Crippen LogP contribution is -2.08. The third-order valence-electron chi connectivity index (χ3n) is 1.87. The van der Waals surface area contributed by atoms with Crippen LogP contribution in [0.5, 0.6) is 0 Å². The number of H-pyrrole nitrogens is 1. The number of hydrogen-bond donors (Lipinski definition) is 2. The van der Waals surface area contributed by atoms with Gasteiger partial charge in [-0.25, -0.2) is 9.97 Å². The molecule has 2 aromatic rings. The van der Waals surface area contributed by atoms with E-state index in [0.29, 0.717) is 0 Å². The lowest BCUT2D eigenvalue weighted by molar-refractivity contribution is -0.140. The molecule has 3 N–H and O–H groups in total. The van der Waals surface area contributed by atoms with E-state index < -0.39 is 11.9 Å². The number of rotatable bonds is 1. The number of nitrogens with one attached hydrogen (secondary N) is 1. The van der Waals surface area contributed by atoms with Crippen molar-refractivity contribution in [3.8, 4) is 0 Å². The molecule has 2 rings (SSSR count). The monoisotopic (exact) mass is 251 g/mol. The van der Waals surface area contributed by atoms with E-state index in [9.17, 15) is 13.2 Å². The second-order valence-electron chi connectivity index (χ2n) is 2.93. The lowest BCUT2D eigenvalue weighted by Gasteiger charge is -2.03. The van der Waals surface area contributed by atoms with Crippen molar-refractivity contribution >= 4 is 22.6 Å². The molecule has 5 nitrogen and oxygen atoms in total. The van der Waals surface area contributed by atoms with E-state index in [4.69, 9.17) is 17.3 Å². The molecule has 9 heteroatoms. The van der Waals surface area contributed by atoms with Crippen molar-refractivity contribution in [2.75, 3.05) is 0 Å². The summed E-state index contributed by atoms with van der Waals surface area (Å²) in [7, 11) is 0. The molecule has 2 heterocycles. The van der Waals surface area contributed by atoms with Gasteiger partial charge in [-0.2, -0.15) is 18.3 Å². The largest absolute Gasteiger partial charge is 0.434 e. The molecule has 0 amide bonds. The van der Waals surface area contributed by atoms with Gasteiger partial charge in [-0.05, 0) is 0 Å². The third kappa shape index (κ3) is 1.69. The van der Waals surface area contributed by atoms with Gasteiger partial charge < -0.3 is 5.73 Å². The molecule has 0 fully saturated rings. The van der Waals surface area contributed by atoms with Crippen LogP contribution in [0.3, 0.4) is 0 Å². The number of hydrogen-bond acceptors (Lipinski definition) is 4. The summed E-state index contributed by atoms with van der Waals surface area (Å²) < 4.78 is 37.5. The summed E-state index contributed by atoms with van der Waals surface area (Å²) in [5, 5.41) is 5.10. The molecular formula is C7H5ClF3N5. The van der Waals surface area contributed by atoms with Gasteiger partial charge in [0.2, 0.25) is 0 Å². The minimum atomic E-state index is -4.57. The van der Waals surface area contributed by atoms with Crippen molar-refractivity contribution in [3.63, 3.8) is 0 Å². The van der Waals surface area contributed by atoms with E-state index in [2.05, 4.69) is 15.1 Å². The smallest absolute Gasteiger partial charge is 0.324 e. The maximum atomic E-state index is 12.5. The Kier molecular flexibility index (Phi) is 2.47. The average Bonchev–Trinajstić information content (AvgIpc) is 2.60. The summed E-state index contributed by atoms with van der Waals surface area (Å²) in [5.41, 5.74) is 3.70. The van der Waals surface area contributed by atoms with Crippen LogP contribution in [0, 0.1) is 0 Å². The molecule has 0 saturated carbocycles. The van der Waals surface area contributed by atoms with Crippen LogP contribution in [0.1, 0.15) is 11.5 Å². The highest BCUT2D eigenvalue weighted by Crippen LogP contribution is 2.33. The van der Waals surface area contributed by atoms with Crippen LogP contribution >= 0.6 is 11.6 Å². The SMILES string of the molecule is NCc1nc(Cl)c2n[nH]c(C(F)(F)F)c2n1. The second-order valence-corrected chi connectivity index (χ2v) is 3.29. The zero-order chi connectivity index (χ0) is 11.9. The Morgan fingerprint density at radius 1 is 1.25 bits per heavy atom. The van der Waals surface area contributed by atoms with E-state index in [1.54, 1.807) is 0 Å². The van der Waals surface area contributed by atoms with E-state index in [0.717, 1.165) is 0 Å². The Hall–Kier alpha value is -1.41. The fraction of sp³-hybridized carbons (Fsp3) is 0.286. The number of halogens is 4. The summed E-state index contributed by atoms with van der Waals surface area (Å²) in [6.07, 6.45) is -4.57. The number of alkyl halides is 3. The first-order chi connectivity index (χ1) is 7.43. The van der Waals surface area contributed by atoms with Crippen molar-refractivity contribution < 1.29 is 13.2 Å². The predicted octanol–water partition coefficient (Wildman–Crippen LogP) is 1.48. The molecule has 0 radical (unpaired) electrons. The van der Waals surface area contributed by atoms with Gasteiger partial charge in [0, 0.05) is 0 Å². The summed E-state index contributed by atoms with van der Waals surface area (Å²) >= 11 is 5.65. The molecule has 0 aliphatic rings. The summed E-state index contributed by atoms with van der Waals surface area (Å²) in [5.74, 6) is 0.0319. The molecule has 0 aliphatic carbocycles. The Morgan fingerprint density at radius 2 is 1.94 bits per heavy atom. The molecule has 0 bridgehead atoms. The van der Waals surface area contributed by atoms with Crippen LogP contribution in [0.25, 0.3) is 11.0 Å². The Morgan fingerprint density at radius 3 is 2.50 bits per heavy atom. The number of fused-ring (bicyclic) bond motifs is 1. The Labute approximate surface area is 91.8 Å². The van der Waals surface area contributed by atoms with Crippen LogP contribution in [-0.2, 0) is 12.7 Å². The van der Waals surface area contributed by atoms with E-state index in [1.807, 2.05) is 5.10 Å². The number of nitrogens with two attached hydrogens (primary N) is 1. The van der Waals surface area contributed by atoms with Crippen molar-refractivity contribution in [2.24, 2.45) is 5.73 Å². The fourth-order valence-electron chi connectivity index (χ4n) is 1.20. The molecule has 2 aromatic heterocycles. The molecule has 86 valence electrons. The predicted molar refractivity (Wildman–Crippen MR) is 49.6 cm³/mol. The molecule has 0 spiro atoms. The minimum Gasteiger partial charge on any atom is -0.324 e. The van der Waals surface area contributed by atoms with E-state index in [1.165, 1.54) is 0 Å². The molecular weight excluding hydrogens is 247 g/mol. The fourth-order valence-corrected chi connectivity index (χ4v) is 1.43. The van der Waals surface area contributed by atoms with Gasteiger partial charge in [-0.15, -0.1) is 0 Å². The number of aromatic nitrogens is 4. The standard InChI is InChI=1S/C7H5ClF3N5/c8-6-4-3(13-2(1-12)14-6)5(16-15-4)7(9,10)11/h1,12H2,(H,15,16). The summed E-state index contributed by atoms with van der Waals surface area (Å²) in [6.45, 7) is -0.0991. The van der Waals surface area contributed by atoms with E-state index in [-0.39, 0.29) is 28.6 Å². The second kappa shape index (κ2) is 3.56. The highest BCUT2D eigenvalue weighted by Gasteiger charge is 2.36. The normalized spacial score (nSPS) is 12.3. The highest BCUT2D eigenvalue weighted by atomic mass is 35.5. The van der Waals surface area contributed by atoms with Crippen LogP contribution < -0.4 is 5.73 Å². The summed E-state index contributed by atoms with van der Waals surface area (Å²) in [6, 6.07) is 0. The molecule has 0 atom stereocenters. The van der Waals surface area contributed by atoms with Gasteiger partial charge >= 0.3 is 6.18 Å². The van der Waals surface area contributed by atoms with E-state index >= 15 is 0 Å². The van der Waals surface area contributed by atoms with Gasteiger partial charge in [-0.3, -0.25) is 5.10 Å². The van der Waals surface area contributed by atoms with Crippen molar-refractivity contribution in [2.45, 2.75) is 12.7 Å². The topological polar surface area (TPSA) is 80.5 Å². The molecule has 0 saturated heterocycles. The first kappa shape index (κ1) is 11.1. The molecule has 0 aliphatic heterocycles. The maximum absolute atomic E-state index is 12.5. The van der Waals surface area contributed by atoms with Gasteiger partial charge in [0.05, 0.1) is 6.54 Å². The molecule has 0 aromatic carbocycles. The number of aromatic amines is 1. The molecule has 0 unspecified atom stereocenters. The van der Waals surface area contributed by atoms with Crippen LogP contribution in [0.4, 0.5) is 13.2 Å². The minimum absolute atomic E-state index is 0.0319. The van der Waals surface area contributed by atoms with Gasteiger partial charge in [0.15, 0.2) is 10.8 Å². The third-order valence-corrected chi connectivity index (χ3v) is 2.13. The van der Waals surface area contributed by atoms with Crippen molar-refractivity contribution in [3.05, 3.63) is 16.7 Å². The highest BCUT2D eigenvalue weighted by molar-refractivity contribution is 6.33. The quantitative estimate of drug-likeness (QED) is 0.753. The zero-order valence-electron chi connectivity index (χ0n) is 7.64. The van der Waals surface area contributed by atoms with Gasteiger partial charge in [-0.1, -0.05) is 11.6 Å². The average molecular weight is 252 g/mol. The molecule has 16 heavy (non-hydrogen) atoms.